The fraction of sp³-hybridized carbons (Fsp3) is 0.300. The number of halogens is 1. The normalized spacial score (nSPS) is 15.0. The highest BCUT2D eigenvalue weighted by atomic mass is 35.5. The molecule has 0 atom stereocenters. The number of carbonyl (C=O) groups is 1. The van der Waals surface area contributed by atoms with Gasteiger partial charge in [0.25, 0.3) is 5.91 Å². The zero-order valence-corrected chi connectivity index (χ0v) is 8.84. The molecule has 0 aliphatic heterocycles. The maximum atomic E-state index is 11.7. The number of nitrogens with two attached hydrogens (primary N) is 2. The van der Waals surface area contributed by atoms with Crippen molar-refractivity contribution in [2.45, 2.75) is 18.9 Å². The van der Waals surface area contributed by atoms with Gasteiger partial charge in [-0.25, -0.2) is 0 Å². The predicted octanol–water partition coefficient (Wildman–Crippen LogP) is 1.40. The van der Waals surface area contributed by atoms with Gasteiger partial charge in [0.15, 0.2) is 0 Å². The van der Waals surface area contributed by atoms with Gasteiger partial charge in [-0.15, -0.1) is 0 Å². The van der Waals surface area contributed by atoms with Gasteiger partial charge in [-0.1, -0.05) is 11.6 Å². The van der Waals surface area contributed by atoms with Crippen molar-refractivity contribution in [3.05, 3.63) is 22.7 Å². The van der Waals surface area contributed by atoms with E-state index in [0.717, 1.165) is 12.8 Å². The number of benzene rings is 1. The molecule has 0 unspecified atom stereocenters. The van der Waals surface area contributed by atoms with E-state index in [2.05, 4.69) is 5.32 Å². The first-order chi connectivity index (χ1) is 7.08. The molecule has 80 valence electrons. The third-order valence-corrected chi connectivity index (χ3v) is 2.64. The lowest BCUT2D eigenvalue weighted by atomic mass is 10.1. The van der Waals surface area contributed by atoms with Crippen LogP contribution in [0.5, 0.6) is 0 Å². The zero-order chi connectivity index (χ0) is 11.0. The van der Waals surface area contributed by atoms with Gasteiger partial charge in [0.2, 0.25) is 0 Å². The second-order valence-corrected chi connectivity index (χ2v) is 4.12. The second-order valence-electron chi connectivity index (χ2n) is 3.71. The van der Waals surface area contributed by atoms with E-state index in [1.54, 1.807) is 0 Å². The number of anilines is 2. The fourth-order valence-corrected chi connectivity index (χ4v) is 1.53. The third-order valence-electron chi connectivity index (χ3n) is 2.33. The van der Waals surface area contributed by atoms with E-state index in [9.17, 15) is 4.79 Å². The molecule has 0 saturated heterocycles. The molecule has 1 saturated carbocycles. The van der Waals surface area contributed by atoms with E-state index in [4.69, 9.17) is 23.1 Å². The van der Waals surface area contributed by atoms with E-state index in [1.807, 2.05) is 0 Å². The van der Waals surface area contributed by atoms with Crippen LogP contribution < -0.4 is 16.8 Å². The van der Waals surface area contributed by atoms with Gasteiger partial charge in [-0.2, -0.15) is 0 Å². The van der Waals surface area contributed by atoms with Crippen molar-refractivity contribution < 1.29 is 4.79 Å². The molecule has 15 heavy (non-hydrogen) atoms. The van der Waals surface area contributed by atoms with Crippen molar-refractivity contribution in [3.63, 3.8) is 0 Å². The van der Waals surface area contributed by atoms with Crippen molar-refractivity contribution in [2.75, 3.05) is 11.5 Å². The van der Waals surface area contributed by atoms with Gasteiger partial charge in [0.05, 0.1) is 22.0 Å². The Morgan fingerprint density at radius 2 is 1.93 bits per heavy atom. The van der Waals surface area contributed by atoms with Crippen LogP contribution in [0.15, 0.2) is 12.1 Å². The summed E-state index contributed by atoms with van der Waals surface area (Å²) in [5.41, 5.74) is 12.3. The third kappa shape index (κ3) is 2.15. The summed E-state index contributed by atoms with van der Waals surface area (Å²) in [5.74, 6) is -0.186. The molecule has 1 aromatic carbocycles. The van der Waals surface area contributed by atoms with Crippen molar-refractivity contribution >= 4 is 28.9 Å². The number of nitrogen functional groups attached to an aromatic ring is 2. The quantitative estimate of drug-likeness (QED) is 0.666. The average molecular weight is 226 g/mol. The lowest BCUT2D eigenvalue weighted by Gasteiger charge is -2.08. The van der Waals surface area contributed by atoms with E-state index in [-0.39, 0.29) is 5.91 Å². The topological polar surface area (TPSA) is 81.1 Å². The molecule has 1 amide bonds. The zero-order valence-electron chi connectivity index (χ0n) is 8.09. The summed E-state index contributed by atoms with van der Waals surface area (Å²) in [6.45, 7) is 0. The Hall–Kier alpha value is -1.42. The van der Waals surface area contributed by atoms with Crippen LogP contribution in [0.3, 0.4) is 0 Å². The molecule has 1 aliphatic rings. The Kier molecular flexibility index (Phi) is 2.44. The summed E-state index contributed by atoms with van der Waals surface area (Å²) < 4.78 is 0. The molecule has 2 rings (SSSR count). The number of hydrogen-bond acceptors (Lipinski definition) is 3. The Labute approximate surface area is 92.6 Å². The van der Waals surface area contributed by atoms with Crippen LogP contribution in [0.1, 0.15) is 23.2 Å². The molecule has 0 spiro atoms. The largest absolute Gasteiger partial charge is 0.397 e. The molecular weight excluding hydrogens is 214 g/mol. The standard InChI is InChI=1S/C10H12ClN3O/c11-7-4-9(13)8(12)3-6(7)10(15)14-5-1-2-5/h3-5H,1-2,12-13H2,(H,14,15). The highest BCUT2D eigenvalue weighted by Gasteiger charge is 2.24. The summed E-state index contributed by atoms with van der Waals surface area (Å²) in [4.78, 5) is 11.7. The molecular formula is C10H12ClN3O. The summed E-state index contributed by atoms with van der Waals surface area (Å²) in [7, 11) is 0. The van der Waals surface area contributed by atoms with Crippen LogP contribution in [-0.2, 0) is 0 Å². The molecule has 0 heterocycles. The molecule has 1 aliphatic carbocycles. The van der Waals surface area contributed by atoms with Crippen LogP contribution >= 0.6 is 11.6 Å². The monoisotopic (exact) mass is 225 g/mol. The number of nitrogens with one attached hydrogen (secondary N) is 1. The summed E-state index contributed by atoms with van der Waals surface area (Å²) in [5, 5.41) is 3.17. The van der Waals surface area contributed by atoms with Crippen molar-refractivity contribution in [1.82, 2.24) is 5.32 Å². The van der Waals surface area contributed by atoms with Gasteiger partial charge >= 0.3 is 0 Å². The Balaban J connectivity index is 2.25. The van der Waals surface area contributed by atoms with Gasteiger partial charge in [0.1, 0.15) is 0 Å². The fourth-order valence-electron chi connectivity index (χ4n) is 1.27. The number of amides is 1. The van der Waals surface area contributed by atoms with Gasteiger partial charge in [-0.05, 0) is 25.0 Å². The van der Waals surface area contributed by atoms with Crippen LogP contribution in [0.2, 0.25) is 5.02 Å². The molecule has 0 radical (unpaired) electrons. The number of rotatable bonds is 2. The molecule has 5 heteroatoms. The minimum atomic E-state index is -0.186. The van der Waals surface area contributed by atoms with E-state index < -0.39 is 0 Å². The first-order valence-corrected chi connectivity index (χ1v) is 5.11. The van der Waals surface area contributed by atoms with E-state index in [0.29, 0.717) is 28.0 Å². The van der Waals surface area contributed by atoms with Crippen LogP contribution in [-0.4, -0.2) is 11.9 Å². The minimum Gasteiger partial charge on any atom is -0.397 e. The summed E-state index contributed by atoms with van der Waals surface area (Å²) >= 11 is 5.90. The highest BCUT2D eigenvalue weighted by molar-refractivity contribution is 6.34. The lowest BCUT2D eigenvalue weighted by molar-refractivity contribution is 0.0951. The Bertz CT molecular complexity index is 415. The van der Waals surface area contributed by atoms with Crippen molar-refractivity contribution in [2.24, 2.45) is 0 Å². The van der Waals surface area contributed by atoms with Crippen LogP contribution in [0.25, 0.3) is 0 Å². The van der Waals surface area contributed by atoms with Crippen LogP contribution in [0, 0.1) is 0 Å². The Morgan fingerprint density at radius 1 is 1.33 bits per heavy atom. The highest BCUT2D eigenvalue weighted by Crippen LogP contribution is 2.26. The van der Waals surface area contributed by atoms with Crippen molar-refractivity contribution in [1.29, 1.82) is 0 Å². The Morgan fingerprint density at radius 3 is 2.53 bits per heavy atom. The number of carbonyl (C=O) groups excluding carboxylic acids is 1. The lowest BCUT2D eigenvalue weighted by Crippen LogP contribution is -2.25. The molecule has 4 nitrogen and oxygen atoms in total. The SMILES string of the molecule is Nc1cc(Cl)c(C(=O)NC2CC2)cc1N. The van der Waals surface area contributed by atoms with Gasteiger partial charge in [0, 0.05) is 6.04 Å². The van der Waals surface area contributed by atoms with Gasteiger partial charge in [-0.3, -0.25) is 4.79 Å². The summed E-state index contributed by atoms with van der Waals surface area (Å²) in [6, 6.07) is 3.31. The molecule has 0 aromatic heterocycles. The maximum Gasteiger partial charge on any atom is 0.253 e. The molecule has 1 fully saturated rings. The molecule has 5 N–H and O–H groups in total. The van der Waals surface area contributed by atoms with E-state index in [1.165, 1.54) is 12.1 Å². The van der Waals surface area contributed by atoms with Crippen LogP contribution in [0.4, 0.5) is 11.4 Å². The molecule has 1 aromatic rings. The smallest absolute Gasteiger partial charge is 0.253 e. The average Bonchev–Trinajstić information content (AvgIpc) is 2.95. The predicted molar refractivity (Wildman–Crippen MR) is 60.8 cm³/mol. The van der Waals surface area contributed by atoms with Gasteiger partial charge < -0.3 is 16.8 Å². The first kappa shape index (κ1) is 10.1. The maximum absolute atomic E-state index is 11.7. The first-order valence-electron chi connectivity index (χ1n) is 4.73. The number of hydrogen-bond donors (Lipinski definition) is 3. The molecule has 0 bridgehead atoms. The minimum absolute atomic E-state index is 0.186. The summed E-state index contributed by atoms with van der Waals surface area (Å²) in [6.07, 6.45) is 2.07. The van der Waals surface area contributed by atoms with Crippen molar-refractivity contribution in [3.8, 4) is 0 Å². The van der Waals surface area contributed by atoms with E-state index >= 15 is 0 Å². The second kappa shape index (κ2) is 3.62.